The van der Waals surface area contributed by atoms with Gasteiger partial charge in [0.1, 0.15) is 11.5 Å². The average Bonchev–Trinajstić information content (AvgIpc) is 2.64. The lowest BCUT2D eigenvalue weighted by atomic mass is 10.1. The zero-order chi connectivity index (χ0) is 19.4. The number of hydrogen-bond donors (Lipinski definition) is 4. The minimum absolute atomic E-state index is 0.290. The van der Waals surface area contributed by atoms with E-state index in [2.05, 4.69) is 10.6 Å². The predicted molar refractivity (Wildman–Crippen MR) is 112 cm³/mol. The Hall–Kier alpha value is -2.85. The second kappa shape index (κ2) is 8.23. The van der Waals surface area contributed by atoms with Crippen molar-refractivity contribution >= 4 is 23.0 Å². The Morgan fingerprint density at radius 2 is 1.22 bits per heavy atom. The number of nitrogens with one attached hydrogen (secondary N) is 2. The molecule has 0 aliphatic carbocycles. The number of aromatic hydroxyl groups is 2. The van der Waals surface area contributed by atoms with Crippen molar-refractivity contribution in [3.8, 4) is 11.5 Å². The standard InChI is InChI=1S/C22H23ClN2O2/c1-14-3-5-16(9-21(14)26)12-24-19-8-7-18(23)11-20(19)25-13-17-6-4-15(2)22(27)10-17/h3-11,24-27H,12-13H2,1-2H3. The van der Waals surface area contributed by atoms with Crippen molar-refractivity contribution < 1.29 is 10.2 Å². The molecule has 0 bridgehead atoms. The molecule has 0 radical (unpaired) electrons. The molecule has 0 amide bonds. The van der Waals surface area contributed by atoms with Crippen LogP contribution in [0.25, 0.3) is 0 Å². The van der Waals surface area contributed by atoms with Crippen LogP contribution in [-0.2, 0) is 13.1 Å². The molecule has 0 aliphatic heterocycles. The van der Waals surface area contributed by atoms with Crippen LogP contribution in [0.4, 0.5) is 11.4 Å². The Balaban J connectivity index is 1.72. The minimum atomic E-state index is 0.290. The van der Waals surface area contributed by atoms with Gasteiger partial charge in [0.15, 0.2) is 0 Å². The molecule has 0 aliphatic rings. The number of aryl methyl sites for hydroxylation is 2. The van der Waals surface area contributed by atoms with Gasteiger partial charge in [0, 0.05) is 18.1 Å². The second-order valence-corrected chi connectivity index (χ2v) is 7.08. The molecule has 3 aromatic rings. The van der Waals surface area contributed by atoms with Gasteiger partial charge in [-0.25, -0.2) is 0 Å². The van der Waals surface area contributed by atoms with Gasteiger partial charge >= 0.3 is 0 Å². The second-order valence-electron chi connectivity index (χ2n) is 6.64. The first-order chi connectivity index (χ1) is 12.9. The maximum Gasteiger partial charge on any atom is 0.118 e. The molecule has 5 heteroatoms. The summed E-state index contributed by atoms with van der Waals surface area (Å²) >= 11 is 6.16. The van der Waals surface area contributed by atoms with Crippen LogP contribution in [0.5, 0.6) is 11.5 Å². The molecule has 3 rings (SSSR count). The summed E-state index contributed by atoms with van der Waals surface area (Å²) in [6, 6.07) is 16.9. The molecular weight excluding hydrogens is 360 g/mol. The fraction of sp³-hybridized carbons (Fsp3) is 0.182. The topological polar surface area (TPSA) is 64.5 Å². The van der Waals surface area contributed by atoms with E-state index in [4.69, 9.17) is 11.6 Å². The highest BCUT2D eigenvalue weighted by Gasteiger charge is 2.06. The van der Waals surface area contributed by atoms with Gasteiger partial charge in [0.25, 0.3) is 0 Å². The Kier molecular flexibility index (Phi) is 5.77. The van der Waals surface area contributed by atoms with Crippen LogP contribution in [0, 0.1) is 13.8 Å². The van der Waals surface area contributed by atoms with E-state index in [0.29, 0.717) is 23.9 Å². The Bertz CT molecular complexity index is 957. The van der Waals surface area contributed by atoms with E-state index in [1.165, 1.54) is 0 Å². The molecular formula is C22H23ClN2O2. The number of phenolic OH excluding ortho intramolecular Hbond substituents is 2. The van der Waals surface area contributed by atoms with Gasteiger partial charge in [-0.05, 0) is 66.4 Å². The first-order valence-electron chi connectivity index (χ1n) is 8.76. The van der Waals surface area contributed by atoms with Crippen LogP contribution in [0.2, 0.25) is 5.02 Å². The van der Waals surface area contributed by atoms with Crippen LogP contribution in [-0.4, -0.2) is 10.2 Å². The van der Waals surface area contributed by atoms with Crippen molar-refractivity contribution in [2.75, 3.05) is 10.6 Å². The fourth-order valence-electron chi connectivity index (χ4n) is 2.74. The number of rotatable bonds is 6. The third-order valence-corrected chi connectivity index (χ3v) is 4.73. The monoisotopic (exact) mass is 382 g/mol. The van der Waals surface area contributed by atoms with Crippen LogP contribution in [0.15, 0.2) is 54.6 Å². The van der Waals surface area contributed by atoms with Crippen LogP contribution >= 0.6 is 11.6 Å². The molecule has 0 saturated carbocycles. The predicted octanol–water partition coefficient (Wildman–Crippen LogP) is 5.59. The normalized spacial score (nSPS) is 10.6. The number of phenols is 2. The maximum atomic E-state index is 9.87. The molecule has 0 atom stereocenters. The van der Waals surface area contributed by atoms with Gasteiger partial charge in [-0.1, -0.05) is 35.9 Å². The number of anilines is 2. The Morgan fingerprint density at radius 3 is 1.74 bits per heavy atom. The highest BCUT2D eigenvalue weighted by Crippen LogP contribution is 2.28. The molecule has 3 aromatic carbocycles. The van der Waals surface area contributed by atoms with Gasteiger partial charge in [-0.2, -0.15) is 0 Å². The summed E-state index contributed by atoms with van der Waals surface area (Å²) < 4.78 is 0. The highest BCUT2D eigenvalue weighted by atomic mass is 35.5. The van der Waals surface area contributed by atoms with Crippen molar-refractivity contribution in [2.24, 2.45) is 0 Å². The summed E-state index contributed by atoms with van der Waals surface area (Å²) in [6.45, 7) is 4.88. The zero-order valence-electron chi connectivity index (χ0n) is 15.4. The van der Waals surface area contributed by atoms with Crippen molar-refractivity contribution in [3.05, 3.63) is 81.9 Å². The molecule has 0 unspecified atom stereocenters. The highest BCUT2D eigenvalue weighted by molar-refractivity contribution is 6.31. The van der Waals surface area contributed by atoms with Crippen LogP contribution < -0.4 is 10.6 Å². The number of halogens is 1. The van der Waals surface area contributed by atoms with Gasteiger partial charge in [0.05, 0.1) is 11.4 Å². The van der Waals surface area contributed by atoms with E-state index in [1.54, 1.807) is 12.1 Å². The summed E-state index contributed by atoms with van der Waals surface area (Å²) in [5.74, 6) is 0.584. The van der Waals surface area contributed by atoms with E-state index in [-0.39, 0.29) is 5.75 Å². The van der Waals surface area contributed by atoms with E-state index in [1.807, 2.05) is 56.3 Å². The van der Waals surface area contributed by atoms with E-state index in [9.17, 15) is 10.2 Å². The molecule has 140 valence electrons. The van der Waals surface area contributed by atoms with E-state index in [0.717, 1.165) is 33.6 Å². The molecule has 0 aromatic heterocycles. The molecule has 27 heavy (non-hydrogen) atoms. The summed E-state index contributed by atoms with van der Waals surface area (Å²) in [6.07, 6.45) is 0. The zero-order valence-corrected chi connectivity index (χ0v) is 16.1. The van der Waals surface area contributed by atoms with E-state index >= 15 is 0 Å². The molecule has 0 spiro atoms. The quantitative estimate of drug-likeness (QED) is 0.448. The first-order valence-corrected chi connectivity index (χ1v) is 9.14. The summed E-state index contributed by atoms with van der Waals surface area (Å²) in [4.78, 5) is 0. The molecule has 4 nitrogen and oxygen atoms in total. The minimum Gasteiger partial charge on any atom is -0.508 e. The van der Waals surface area contributed by atoms with Crippen molar-refractivity contribution in [2.45, 2.75) is 26.9 Å². The molecule has 0 heterocycles. The number of hydrogen-bond acceptors (Lipinski definition) is 4. The lowest BCUT2D eigenvalue weighted by Gasteiger charge is -2.15. The third-order valence-electron chi connectivity index (χ3n) is 4.49. The van der Waals surface area contributed by atoms with Gasteiger partial charge in [-0.3, -0.25) is 0 Å². The average molecular weight is 383 g/mol. The van der Waals surface area contributed by atoms with E-state index < -0.39 is 0 Å². The SMILES string of the molecule is Cc1ccc(CNc2ccc(Cl)cc2NCc2ccc(C)c(O)c2)cc1O. The van der Waals surface area contributed by atoms with Crippen molar-refractivity contribution in [1.82, 2.24) is 0 Å². The lowest BCUT2D eigenvalue weighted by Crippen LogP contribution is -2.05. The Labute approximate surface area is 164 Å². The first kappa shape index (κ1) is 18.9. The molecule has 0 saturated heterocycles. The van der Waals surface area contributed by atoms with Gasteiger partial charge in [-0.15, -0.1) is 0 Å². The molecule has 0 fully saturated rings. The maximum absolute atomic E-state index is 9.87. The Morgan fingerprint density at radius 1 is 0.704 bits per heavy atom. The largest absolute Gasteiger partial charge is 0.508 e. The fourth-order valence-corrected chi connectivity index (χ4v) is 2.91. The van der Waals surface area contributed by atoms with Crippen LogP contribution in [0.1, 0.15) is 22.3 Å². The van der Waals surface area contributed by atoms with Crippen molar-refractivity contribution in [3.63, 3.8) is 0 Å². The van der Waals surface area contributed by atoms with Gasteiger partial charge < -0.3 is 20.8 Å². The smallest absolute Gasteiger partial charge is 0.118 e. The third kappa shape index (κ3) is 4.86. The summed E-state index contributed by atoms with van der Waals surface area (Å²) in [5.41, 5.74) is 5.46. The van der Waals surface area contributed by atoms with Gasteiger partial charge in [0.2, 0.25) is 0 Å². The summed E-state index contributed by atoms with van der Waals surface area (Å²) in [7, 11) is 0. The lowest BCUT2D eigenvalue weighted by molar-refractivity contribution is 0.470. The van der Waals surface area contributed by atoms with Crippen molar-refractivity contribution in [1.29, 1.82) is 0 Å². The number of benzene rings is 3. The van der Waals surface area contributed by atoms with Crippen LogP contribution in [0.3, 0.4) is 0 Å². The summed E-state index contributed by atoms with van der Waals surface area (Å²) in [5, 5.41) is 27.1. The molecule has 4 N–H and O–H groups in total.